The molecule has 1 N–H and O–H groups in total. The number of hydrogen-bond acceptors (Lipinski definition) is 2. The molecule has 0 aliphatic heterocycles. The lowest BCUT2D eigenvalue weighted by molar-refractivity contribution is -0.127. The number of amides is 1. The summed E-state index contributed by atoms with van der Waals surface area (Å²) in [6.45, 7) is 8.76. The highest BCUT2D eigenvalue weighted by Gasteiger charge is 2.24. The van der Waals surface area contributed by atoms with E-state index in [1.165, 1.54) is 0 Å². The number of halogens is 1. The highest BCUT2D eigenvalue weighted by molar-refractivity contribution is 6.30. The molecule has 1 aromatic rings. The molecule has 1 atom stereocenters. The molecule has 1 aromatic carbocycles. The minimum Gasteiger partial charge on any atom is -0.350 e. The van der Waals surface area contributed by atoms with Crippen LogP contribution in [0.25, 0.3) is 0 Å². The second-order valence-electron chi connectivity index (χ2n) is 5.95. The first-order valence-corrected chi connectivity index (χ1v) is 7.39. The van der Waals surface area contributed by atoms with Crippen molar-refractivity contribution in [2.75, 3.05) is 7.05 Å². The first-order chi connectivity index (χ1) is 9.25. The number of nitrogens with one attached hydrogen (secondary N) is 1. The van der Waals surface area contributed by atoms with Crippen LogP contribution in [-0.2, 0) is 11.3 Å². The van der Waals surface area contributed by atoms with E-state index < -0.39 is 0 Å². The van der Waals surface area contributed by atoms with Gasteiger partial charge in [-0.3, -0.25) is 9.69 Å². The second kappa shape index (κ2) is 7.09. The van der Waals surface area contributed by atoms with Gasteiger partial charge in [0.25, 0.3) is 0 Å². The lowest BCUT2D eigenvalue weighted by Gasteiger charge is -2.30. The van der Waals surface area contributed by atoms with Gasteiger partial charge in [0.05, 0.1) is 6.04 Å². The molecule has 0 aliphatic carbocycles. The van der Waals surface area contributed by atoms with Crippen LogP contribution in [0.5, 0.6) is 0 Å². The molecule has 0 radical (unpaired) electrons. The Kier molecular flexibility index (Phi) is 6.03. The fourth-order valence-electron chi connectivity index (χ4n) is 1.79. The zero-order chi connectivity index (χ0) is 15.3. The highest BCUT2D eigenvalue weighted by Crippen LogP contribution is 2.14. The second-order valence-corrected chi connectivity index (χ2v) is 6.38. The Balaban J connectivity index is 2.62. The Morgan fingerprint density at radius 1 is 1.45 bits per heavy atom. The van der Waals surface area contributed by atoms with Gasteiger partial charge in [-0.25, -0.2) is 0 Å². The molecule has 0 heterocycles. The number of hydrogen-bond donors (Lipinski definition) is 1. The zero-order valence-corrected chi connectivity index (χ0v) is 13.8. The largest absolute Gasteiger partial charge is 0.350 e. The average Bonchev–Trinajstić information content (AvgIpc) is 2.37. The maximum Gasteiger partial charge on any atom is 0.237 e. The minimum absolute atomic E-state index is 0.0568. The number of carbonyl (C=O) groups is 1. The molecule has 1 amide bonds. The van der Waals surface area contributed by atoms with Gasteiger partial charge in [-0.05, 0) is 51.9 Å². The maximum atomic E-state index is 12.2. The number of likely N-dealkylation sites (N-methyl/N-ethyl adjacent to an activating group) is 1. The van der Waals surface area contributed by atoms with E-state index >= 15 is 0 Å². The number of rotatable bonds is 6. The molecule has 112 valence electrons. The van der Waals surface area contributed by atoms with Gasteiger partial charge in [0.1, 0.15) is 0 Å². The summed E-state index contributed by atoms with van der Waals surface area (Å²) in [6.07, 6.45) is 0.906. The Morgan fingerprint density at radius 2 is 2.10 bits per heavy atom. The molecule has 0 fully saturated rings. The van der Waals surface area contributed by atoms with Crippen molar-refractivity contribution in [1.29, 1.82) is 0 Å². The fraction of sp³-hybridized carbons (Fsp3) is 0.562. The van der Waals surface area contributed by atoms with E-state index in [1.807, 2.05) is 57.0 Å². The minimum atomic E-state index is -0.181. The van der Waals surface area contributed by atoms with Crippen molar-refractivity contribution in [1.82, 2.24) is 10.2 Å². The molecule has 0 aromatic heterocycles. The third kappa shape index (κ3) is 5.14. The molecular weight excluding hydrogens is 272 g/mol. The van der Waals surface area contributed by atoms with E-state index in [9.17, 15) is 4.79 Å². The van der Waals surface area contributed by atoms with Gasteiger partial charge >= 0.3 is 0 Å². The van der Waals surface area contributed by atoms with E-state index in [4.69, 9.17) is 11.6 Å². The van der Waals surface area contributed by atoms with Crippen LogP contribution in [0.4, 0.5) is 0 Å². The predicted octanol–water partition coefficient (Wildman–Crippen LogP) is 3.47. The monoisotopic (exact) mass is 296 g/mol. The van der Waals surface area contributed by atoms with Gasteiger partial charge in [-0.2, -0.15) is 0 Å². The van der Waals surface area contributed by atoms with Crippen molar-refractivity contribution in [3.05, 3.63) is 34.9 Å². The van der Waals surface area contributed by atoms with E-state index in [1.54, 1.807) is 0 Å². The summed E-state index contributed by atoms with van der Waals surface area (Å²) >= 11 is 5.98. The van der Waals surface area contributed by atoms with Crippen molar-refractivity contribution in [3.63, 3.8) is 0 Å². The lowest BCUT2D eigenvalue weighted by Crippen LogP contribution is -2.50. The Hall–Kier alpha value is -1.06. The van der Waals surface area contributed by atoms with Gasteiger partial charge in [0, 0.05) is 17.1 Å². The molecule has 1 rings (SSSR count). The summed E-state index contributed by atoms with van der Waals surface area (Å²) in [5.41, 5.74) is 0.941. The molecule has 20 heavy (non-hydrogen) atoms. The Morgan fingerprint density at radius 3 is 2.65 bits per heavy atom. The normalized spacial score (nSPS) is 13.3. The van der Waals surface area contributed by atoms with E-state index in [0.29, 0.717) is 6.54 Å². The van der Waals surface area contributed by atoms with Gasteiger partial charge in [-0.15, -0.1) is 0 Å². The molecule has 0 saturated heterocycles. The van der Waals surface area contributed by atoms with Crippen LogP contribution < -0.4 is 5.32 Å². The third-order valence-electron chi connectivity index (χ3n) is 3.71. The Labute approximate surface area is 127 Å². The first kappa shape index (κ1) is 17.0. The number of carbonyl (C=O) groups excluding carboxylic acids is 1. The summed E-state index contributed by atoms with van der Waals surface area (Å²) in [4.78, 5) is 14.3. The number of benzene rings is 1. The van der Waals surface area contributed by atoms with Crippen molar-refractivity contribution in [2.45, 2.75) is 52.2 Å². The standard InChI is InChI=1S/C16H25ClN2O/c1-6-16(3,4)18-15(20)12(2)19(5)11-13-8-7-9-14(17)10-13/h7-10,12H,6,11H2,1-5H3,(H,18,20). The van der Waals surface area contributed by atoms with Crippen LogP contribution in [0.1, 0.15) is 39.7 Å². The van der Waals surface area contributed by atoms with Crippen molar-refractivity contribution >= 4 is 17.5 Å². The van der Waals surface area contributed by atoms with E-state index in [0.717, 1.165) is 17.0 Å². The zero-order valence-electron chi connectivity index (χ0n) is 13.0. The van der Waals surface area contributed by atoms with Crippen LogP contribution in [0.3, 0.4) is 0 Å². The van der Waals surface area contributed by atoms with Crippen LogP contribution in [0.15, 0.2) is 24.3 Å². The molecule has 0 aliphatic rings. The quantitative estimate of drug-likeness (QED) is 0.872. The summed E-state index contributed by atoms with van der Waals surface area (Å²) in [5.74, 6) is 0.0568. The van der Waals surface area contributed by atoms with Crippen LogP contribution >= 0.6 is 11.6 Å². The van der Waals surface area contributed by atoms with Gasteiger partial charge < -0.3 is 5.32 Å². The molecule has 1 unspecified atom stereocenters. The molecule has 0 saturated carbocycles. The molecule has 0 spiro atoms. The smallest absolute Gasteiger partial charge is 0.237 e. The Bertz CT molecular complexity index is 460. The first-order valence-electron chi connectivity index (χ1n) is 7.02. The SMILES string of the molecule is CCC(C)(C)NC(=O)C(C)N(C)Cc1cccc(Cl)c1. The molecule has 0 bridgehead atoms. The van der Waals surface area contributed by atoms with Crippen molar-refractivity contribution in [3.8, 4) is 0 Å². The predicted molar refractivity (Wildman–Crippen MR) is 84.9 cm³/mol. The van der Waals surface area contributed by atoms with Gasteiger partial charge in [-0.1, -0.05) is 30.7 Å². The lowest BCUT2D eigenvalue weighted by atomic mass is 10.0. The third-order valence-corrected chi connectivity index (χ3v) is 3.94. The highest BCUT2D eigenvalue weighted by atomic mass is 35.5. The summed E-state index contributed by atoms with van der Waals surface area (Å²) < 4.78 is 0. The van der Waals surface area contributed by atoms with Gasteiger partial charge in [0.2, 0.25) is 5.91 Å². The molecule has 3 nitrogen and oxygen atoms in total. The van der Waals surface area contributed by atoms with Crippen molar-refractivity contribution < 1.29 is 4.79 Å². The summed E-state index contributed by atoms with van der Waals surface area (Å²) in [6, 6.07) is 7.54. The van der Waals surface area contributed by atoms with E-state index in [2.05, 4.69) is 12.2 Å². The van der Waals surface area contributed by atoms with Crippen LogP contribution in [-0.4, -0.2) is 29.4 Å². The topological polar surface area (TPSA) is 32.3 Å². The van der Waals surface area contributed by atoms with Gasteiger partial charge in [0.15, 0.2) is 0 Å². The summed E-state index contributed by atoms with van der Waals surface area (Å²) in [5, 5.41) is 3.80. The van der Waals surface area contributed by atoms with Crippen molar-refractivity contribution in [2.24, 2.45) is 0 Å². The van der Waals surface area contributed by atoms with Crippen LogP contribution in [0.2, 0.25) is 5.02 Å². The average molecular weight is 297 g/mol. The van der Waals surface area contributed by atoms with Crippen LogP contribution in [0, 0.1) is 0 Å². The number of nitrogens with zero attached hydrogens (tertiary/aromatic N) is 1. The molecular formula is C16H25ClN2O. The fourth-order valence-corrected chi connectivity index (χ4v) is 2.00. The maximum absolute atomic E-state index is 12.2. The van der Waals surface area contributed by atoms with E-state index in [-0.39, 0.29) is 17.5 Å². The summed E-state index contributed by atoms with van der Waals surface area (Å²) in [7, 11) is 1.95. The molecule has 4 heteroatoms.